The summed E-state index contributed by atoms with van der Waals surface area (Å²) in [5.41, 5.74) is 6.12. The van der Waals surface area contributed by atoms with Crippen LogP contribution in [-0.4, -0.2) is 100 Å². The van der Waals surface area contributed by atoms with E-state index in [9.17, 15) is 27.9 Å². The molecule has 4 saturated heterocycles. The Labute approximate surface area is 303 Å². The first-order valence-corrected chi connectivity index (χ1v) is 18.5. The van der Waals surface area contributed by atoms with Crippen molar-refractivity contribution in [2.75, 3.05) is 50.0 Å². The predicted molar refractivity (Wildman–Crippen MR) is 184 cm³/mol. The Balaban J connectivity index is 1.21. The molecule has 17 heteroatoms. The van der Waals surface area contributed by atoms with Gasteiger partial charge in [-0.1, -0.05) is 0 Å². The standard InChI is InChI=1S/C36H35F6N7O3S/c37-17-8-35(6-1-7-48(35)10-17)16-52-34-45-31-28(33(46-34)49-18-2-3-19(49)12-47(11-18)13-25(50)36(40,41)42)22-15-51-14-21(22)27(30(31)39)29-23(38)4-5-24-26(29)20(9-43)32(44)53-24/h4-5,17-19,25,50H,1-3,6-8,10-16,44H2/t17?,18?,19?,25?,35-/m0/s1. The number of piperazine rings is 1. The molecule has 2 aromatic heterocycles. The van der Waals surface area contributed by atoms with Crippen molar-refractivity contribution in [2.24, 2.45) is 0 Å². The van der Waals surface area contributed by atoms with E-state index in [1.165, 1.54) is 12.1 Å². The van der Waals surface area contributed by atoms with Crippen LogP contribution < -0.4 is 15.4 Å². The Morgan fingerprint density at radius 2 is 1.85 bits per heavy atom. The van der Waals surface area contributed by atoms with E-state index >= 15 is 8.78 Å². The Kier molecular flexibility index (Phi) is 8.24. The third-order valence-electron chi connectivity index (χ3n) is 11.8. The van der Waals surface area contributed by atoms with Crippen LogP contribution >= 0.6 is 11.3 Å². The molecule has 5 aliphatic rings. The molecule has 4 fully saturated rings. The van der Waals surface area contributed by atoms with E-state index in [4.69, 9.17) is 20.2 Å². The van der Waals surface area contributed by atoms with Gasteiger partial charge in [0.25, 0.3) is 0 Å². The number of rotatable bonds is 7. The van der Waals surface area contributed by atoms with E-state index in [-0.39, 0.29) is 90.0 Å². The van der Waals surface area contributed by atoms with Crippen molar-refractivity contribution in [3.05, 3.63) is 40.5 Å². The molecule has 53 heavy (non-hydrogen) atoms. The number of anilines is 2. The molecule has 5 atom stereocenters. The topological polar surface area (TPSA) is 124 Å². The molecule has 0 spiro atoms. The molecule has 7 heterocycles. The molecule has 2 bridgehead atoms. The van der Waals surface area contributed by atoms with Gasteiger partial charge in [0.2, 0.25) is 0 Å². The molecule has 280 valence electrons. The Morgan fingerprint density at radius 3 is 2.58 bits per heavy atom. The van der Waals surface area contributed by atoms with E-state index in [1.807, 2.05) is 11.0 Å². The maximum absolute atomic E-state index is 17.5. The largest absolute Gasteiger partial charge is 0.461 e. The molecule has 10 nitrogen and oxygen atoms in total. The van der Waals surface area contributed by atoms with E-state index in [1.54, 1.807) is 4.90 Å². The smallest absolute Gasteiger partial charge is 0.415 e. The van der Waals surface area contributed by atoms with Gasteiger partial charge in [0.05, 0.1) is 29.7 Å². The number of thiophene rings is 1. The molecule has 4 unspecified atom stereocenters. The van der Waals surface area contributed by atoms with Gasteiger partial charge in [0.1, 0.15) is 41.0 Å². The van der Waals surface area contributed by atoms with Gasteiger partial charge in [0, 0.05) is 65.9 Å². The fourth-order valence-corrected chi connectivity index (χ4v) is 10.5. The lowest BCUT2D eigenvalue weighted by Crippen LogP contribution is -2.56. The number of nitrogens with zero attached hydrogens (tertiary/aromatic N) is 6. The second-order valence-corrected chi connectivity index (χ2v) is 16.0. The molecule has 0 radical (unpaired) electrons. The maximum Gasteiger partial charge on any atom is 0.415 e. The van der Waals surface area contributed by atoms with Crippen molar-refractivity contribution in [2.45, 2.75) is 81.4 Å². The van der Waals surface area contributed by atoms with Crippen LogP contribution in [0.4, 0.5) is 37.2 Å². The molecule has 0 amide bonds. The van der Waals surface area contributed by atoms with Crippen LogP contribution in [0.25, 0.3) is 32.1 Å². The highest BCUT2D eigenvalue weighted by atomic mass is 32.1. The Hall–Kier alpha value is -3.95. The number of aliphatic hydroxyl groups is 1. The SMILES string of the molecule is N#Cc1c(N)sc2ccc(F)c(-c3c4c(c5c(N6C7CCC6CN(CC(O)C(F)(F)F)C7)nc(OC[C@@]67CCCN6CC(F)C7)nc5c3F)COC4)c12. The quantitative estimate of drug-likeness (QED) is 0.224. The molecule has 4 aromatic rings. The highest BCUT2D eigenvalue weighted by molar-refractivity contribution is 7.23. The van der Waals surface area contributed by atoms with E-state index in [0.717, 1.165) is 24.3 Å². The number of likely N-dealkylation sites (tertiary alicyclic amines) is 1. The monoisotopic (exact) mass is 759 g/mol. The minimum Gasteiger partial charge on any atom is -0.461 e. The van der Waals surface area contributed by atoms with Crippen LogP contribution in [0.1, 0.15) is 48.8 Å². The first kappa shape index (κ1) is 34.8. The molecule has 0 aliphatic carbocycles. The van der Waals surface area contributed by atoms with Crippen LogP contribution in [0.2, 0.25) is 0 Å². The van der Waals surface area contributed by atoms with Crippen LogP contribution in [0, 0.1) is 23.0 Å². The number of hydrogen-bond acceptors (Lipinski definition) is 11. The summed E-state index contributed by atoms with van der Waals surface area (Å²) >= 11 is 1.10. The van der Waals surface area contributed by atoms with Crippen molar-refractivity contribution in [1.82, 2.24) is 19.8 Å². The molecular weight excluding hydrogens is 724 g/mol. The Bertz CT molecular complexity index is 2180. The number of nitrogen functional groups attached to an aromatic ring is 1. The summed E-state index contributed by atoms with van der Waals surface area (Å²) in [4.78, 5) is 15.1. The number of aromatic nitrogens is 2. The third-order valence-corrected chi connectivity index (χ3v) is 12.8. The van der Waals surface area contributed by atoms with Gasteiger partial charge >= 0.3 is 12.2 Å². The fourth-order valence-electron chi connectivity index (χ4n) is 9.52. The van der Waals surface area contributed by atoms with Crippen LogP contribution in [0.15, 0.2) is 12.1 Å². The number of fused-ring (bicyclic) bond motifs is 7. The lowest BCUT2D eigenvalue weighted by Gasteiger charge is -2.43. The number of alkyl halides is 4. The number of β-amino-alcohol motifs (C(OH)–C–C–N with tert-alkyl or cyclic N) is 1. The zero-order chi connectivity index (χ0) is 37.0. The molecule has 3 N–H and O–H groups in total. The second kappa shape index (κ2) is 12.6. The number of nitriles is 1. The number of nitrogens with two attached hydrogens (primary N) is 1. The summed E-state index contributed by atoms with van der Waals surface area (Å²) in [6.07, 6.45) is -5.19. The highest BCUT2D eigenvalue weighted by Crippen LogP contribution is 2.49. The molecule has 0 saturated carbocycles. The van der Waals surface area contributed by atoms with Gasteiger partial charge in [-0.05, 0) is 55.5 Å². The summed E-state index contributed by atoms with van der Waals surface area (Å²) < 4.78 is 101. The summed E-state index contributed by atoms with van der Waals surface area (Å²) in [7, 11) is 0. The average molecular weight is 760 g/mol. The van der Waals surface area contributed by atoms with Gasteiger partial charge < -0.3 is 25.2 Å². The summed E-state index contributed by atoms with van der Waals surface area (Å²) in [6.45, 7) is 0.858. The highest BCUT2D eigenvalue weighted by Gasteiger charge is 2.50. The second-order valence-electron chi connectivity index (χ2n) is 14.9. The number of benzene rings is 2. The Morgan fingerprint density at radius 1 is 1.09 bits per heavy atom. The normalized spacial score (nSPS) is 26.5. The first-order valence-electron chi connectivity index (χ1n) is 17.7. The van der Waals surface area contributed by atoms with Crippen molar-refractivity contribution in [3.8, 4) is 23.2 Å². The minimum atomic E-state index is -4.76. The molecule has 5 aliphatic heterocycles. The summed E-state index contributed by atoms with van der Waals surface area (Å²) in [5.74, 6) is -1.31. The average Bonchev–Trinajstić information content (AvgIpc) is 3.92. The van der Waals surface area contributed by atoms with Gasteiger partial charge in [-0.25, -0.2) is 13.2 Å². The maximum atomic E-state index is 17.5. The van der Waals surface area contributed by atoms with Gasteiger partial charge in [-0.3, -0.25) is 9.80 Å². The third kappa shape index (κ3) is 5.50. The predicted octanol–water partition coefficient (Wildman–Crippen LogP) is 5.81. The van der Waals surface area contributed by atoms with Gasteiger partial charge in [-0.15, -0.1) is 11.3 Å². The molecule has 2 aromatic carbocycles. The van der Waals surface area contributed by atoms with Gasteiger partial charge in [-0.2, -0.15) is 28.4 Å². The number of halogens is 6. The lowest BCUT2D eigenvalue weighted by atomic mass is 9.90. The minimum absolute atomic E-state index is 0.0210. The molecule has 9 rings (SSSR count). The van der Waals surface area contributed by atoms with Crippen molar-refractivity contribution >= 4 is 43.1 Å². The van der Waals surface area contributed by atoms with Crippen molar-refractivity contribution in [1.29, 1.82) is 5.26 Å². The van der Waals surface area contributed by atoms with Crippen LogP contribution in [0.3, 0.4) is 0 Å². The lowest BCUT2D eigenvalue weighted by molar-refractivity contribution is -0.208. The fraction of sp³-hybridized carbons (Fsp3) is 0.528. The summed E-state index contributed by atoms with van der Waals surface area (Å²) in [6, 6.07) is 3.93. The zero-order valence-corrected chi connectivity index (χ0v) is 29.2. The van der Waals surface area contributed by atoms with E-state index in [0.29, 0.717) is 52.8 Å². The van der Waals surface area contributed by atoms with E-state index in [2.05, 4.69) is 9.88 Å². The summed E-state index contributed by atoms with van der Waals surface area (Å²) in [5, 5.41) is 20.5. The van der Waals surface area contributed by atoms with Crippen molar-refractivity contribution < 1.29 is 40.9 Å². The number of aliphatic hydroxyl groups excluding tert-OH is 1. The number of ether oxygens (including phenoxy) is 2. The van der Waals surface area contributed by atoms with E-state index < -0.39 is 42.2 Å². The van der Waals surface area contributed by atoms with Gasteiger partial charge in [0.15, 0.2) is 11.9 Å². The number of hydrogen-bond donors (Lipinski definition) is 2. The zero-order valence-electron chi connectivity index (χ0n) is 28.4. The van der Waals surface area contributed by atoms with Crippen LogP contribution in [0.5, 0.6) is 6.01 Å². The molecular formula is C36H35F6N7O3S. The van der Waals surface area contributed by atoms with Crippen LogP contribution in [-0.2, 0) is 18.0 Å². The van der Waals surface area contributed by atoms with Crippen molar-refractivity contribution in [3.63, 3.8) is 0 Å². The first-order chi connectivity index (χ1) is 25.4.